The van der Waals surface area contributed by atoms with Crippen LogP contribution in [0.1, 0.15) is 0 Å². The van der Waals surface area contributed by atoms with E-state index in [-0.39, 0.29) is 6.71 Å². The number of fused-ring (bicyclic) bond motifs is 10. The van der Waals surface area contributed by atoms with Crippen LogP contribution in [0.4, 0.5) is 0 Å². The van der Waals surface area contributed by atoms with Crippen LogP contribution in [-0.2, 0) is 0 Å². The molecule has 226 valence electrons. The number of ether oxygens (including phenoxy) is 2. The largest absolute Gasteiger partial charge is 0.458 e. The Bertz CT molecular complexity index is 2740. The molecule has 0 radical (unpaired) electrons. The van der Waals surface area contributed by atoms with E-state index in [1.54, 1.807) is 0 Å². The van der Waals surface area contributed by atoms with E-state index >= 15 is 0 Å². The molecule has 11 rings (SSSR count). The van der Waals surface area contributed by atoms with Crippen LogP contribution in [-0.4, -0.2) is 6.71 Å². The molecule has 2 heterocycles. The third-order valence-corrected chi connectivity index (χ3v) is 10.6. The second-order valence-corrected chi connectivity index (χ2v) is 13.1. The summed E-state index contributed by atoms with van der Waals surface area (Å²) >= 11 is 0. The summed E-state index contributed by atoms with van der Waals surface area (Å²) in [4.78, 5) is 0. The fourth-order valence-corrected chi connectivity index (χ4v) is 8.57. The third-order valence-electron chi connectivity index (χ3n) is 10.6. The van der Waals surface area contributed by atoms with Crippen molar-refractivity contribution >= 4 is 66.2 Å². The Kier molecular flexibility index (Phi) is 5.50. The molecule has 0 unspecified atom stereocenters. The van der Waals surface area contributed by atoms with Crippen molar-refractivity contribution in [3.8, 4) is 45.3 Å². The van der Waals surface area contributed by atoms with Crippen molar-refractivity contribution in [2.24, 2.45) is 0 Å². The fraction of sp³-hybridized carbons (Fsp3) is 0. The van der Waals surface area contributed by atoms with Gasteiger partial charge in [-0.2, -0.15) is 0 Å². The van der Waals surface area contributed by atoms with Gasteiger partial charge in [0.1, 0.15) is 23.0 Å². The average molecular weight is 623 g/mol. The molecule has 0 amide bonds. The van der Waals surface area contributed by atoms with Gasteiger partial charge in [-0.15, -0.1) is 0 Å². The van der Waals surface area contributed by atoms with Crippen molar-refractivity contribution in [2.75, 3.05) is 0 Å². The lowest BCUT2D eigenvalue weighted by Crippen LogP contribution is -2.58. The molecular weight excluding hydrogens is 595 g/mol. The molecule has 0 spiro atoms. The van der Waals surface area contributed by atoms with Gasteiger partial charge >= 0.3 is 0 Å². The first-order valence-electron chi connectivity index (χ1n) is 16.9. The highest BCUT2D eigenvalue weighted by molar-refractivity contribution is 7.01. The monoisotopic (exact) mass is 622 g/mol. The summed E-state index contributed by atoms with van der Waals surface area (Å²) < 4.78 is 14.0. The molecule has 0 N–H and O–H groups in total. The molecule has 0 atom stereocenters. The van der Waals surface area contributed by atoms with E-state index in [0.717, 1.165) is 34.0 Å². The second-order valence-electron chi connectivity index (χ2n) is 13.1. The Balaban J connectivity index is 1.28. The van der Waals surface area contributed by atoms with E-state index in [0.29, 0.717) is 0 Å². The molecule has 0 saturated heterocycles. The molecule has 9 aromatic rings. The summed E-state index contributed by atoms with van der Waals surface area (Å²) in [7, 11) is 0. The van der Waals surface area contributed by atoms with Gasteiger partial charge in [-0.1, -0.05) is 140 Å². The lowest BCUT2D eigenvalue weighted by Gasteiger charge is -2.35. The van der Waals surface area contributed by atoms with E-state index in [2.05, 4.69) is 164 Å². The van der Waals surface area contributed by atoms with Gasteiger partial charge in [-0.3, -0.25) is 0 Å². The van der Waals surface area contributed by atoms with Crippen LogP contribution >= 0.6 is 0 Å². The smallest absolute Gasteiger partial charge is 0.262 e. The molecule has 0 bridgehead atoms. The zero-order valence-electron chi connectivity index (χ0n) is 26.5. The van der Waals surface area contributed by atoms with E-state index < -0.39 is 0 Å². The van der Waals surface area contributed by atoms with Crippen LogP contribution in [0.2, 0.25) is 0 Å². The van der Waals surface area contributed by atoms with Gasteiger partial charge in [0, 0.05) is 16.6 Å². The van der Waals surface area contributed by atoms with Crippen LogP contribution < -0.4 is 25.9 Å². The fourth-order valence-electron chi connectivity index (χ4n) is 8.57. The maximum atomic E-state index is 7.18. The molecule has 0 aromatic heterocycles. The highest BCUT2D eigenvalue weighted by Crippen LogP contribution is 2.48. The first-order chi connectivity index (χ1) is 24.3. The lowest BCUT2D eigenvalue weighted by molar-refractivity contribution is 0.466. The summed E-state index contributed by atoms with van der Waals surface area (Å²) in [5.41, 5.74) is 8.18. The Morgan fingerprint density at radius 2 is 0.776 bits per heavy atom. The highest BCUT2D eigenvalue weighted by Gasteiger charge is 2.43. The average Bonchev–Trinajstić information content (AvgIpc) is 3.17. The van der Waals surface area contributed by atoms with E-state index in [4.69, 9.17) is 9.47 Å². The third kappa shape index (κ3) is 3.73. The predicted molar refractivity (Wildman–Crippen MR) is 205 cm³/mol. The van der Waals surface area contributed by atoms with Crippen LogP contribution in [0.3, 0.4) is 0 Å². The van der Waals surface area contributed by atoms with Gasteiger partial charge in [0.2, 0.25) is 0 Å². The Labute approximate surface area is 283 Å². The minimum atomic E-state index is -0.0734. The lowest BCUT2D eigenvalue weighted by atomic mass is 9.33. The Morgan fingerprint density at radius 3 is 1.37 bits per heavy atom. The standard InChI is InChI=1S/C46H27BO2/c1-2-14-30(15-3-1)41-33-18-8-10-20-35(33)42(36-21-11-9-19-34(36)41)37-24-27-40-45-46(37)49-39-26-23-29-13-5-7-17-32(29)44(39)47(45)43-31-16-6-4-12-28(31)22-25-38(43)48-40/h1-27H. The maximum absolute atomic E-state index is 7.18. The topological polar surface area (TPSA) is 18.5 Å². The van der Waals surface area contributed by atoms with Crippen LogP contribution in [0.25, 0.3) is 65.3 Å². The summed E-state index contributed by atoms with van der Waals surface area (Å²) in [6.07, 6.45) is 0. The highest BCUT2D eigenvalue weighted by atomic mass is 16.5. The molecule has 0 aliphatic carbocycles. The van der Waals surface area contributed by atoms with Crippen LogP contribution in [0.5, 0.6) is 23.0 Å². The number of rotatable bonds is 2. The molecule has 3 heteroatoms. The van der Waals surface area contributed by atoms with E-state index in [9.17, 15) is 0 Å². The first-order valence-corrected chi connectivity index (χ1v) is 16.9. The zero-order chi connectivity index (χ0) is 32.1. The van der Waals surface area contributed by atoms with Gasteiger partial charge in [-0.25, -0.2) is 0 Å². The number of hydrogen-bond acceptors (Lipinski definition) is 2. The minimum Gasteiger partial charge on any atom is -0.458 e. The summed E-state index contributed by atoms with van der Waals surface area (Å²) in [6.45, 7) is -0.0734. The summed E-state index contributed by atoms with van der Waals surface area (Å²) in [6, 6.07) is 58.7. The normalized spacial score (nSPS) is 12.8. The predicted octanol–water partition coefficient (Wildman–Crippen LogP) is 10.4. The summed E-state index contributed by atoms with van der Waals surface area (Å²) in [5, 5.41) is 9.65. The Hall–Kier alpha value is -6.32. The van der Waals surface area contributed by atoms with Crippen molar-refractivity contribution in [1.82, 2.24) is 0 Å². The van der Waals surface area contributed by atoms with Crippen molar-refractivity contribution in [1.29, 1.82) is 0 Å². The van der Waals surface area contributed by atoms with Gasteiger partial charge in [0.05, 0.1) is 0 Å². The zero-order valence-corrected chi connectivity index (χ0v) is 26.5. The van der Waals surface area contributed by atoms with Crippen LogP contribution in [0, 0.1) is 0 Å². The first kappa shape index (κ1) is 26.7. The minimum absolute atomic E-state index is 0.0734. The van der Waals surface area contributed by atoms with Gasteiger partial charge in [-0.05, 0) is 89.4 Å². The molecule has 2 nitrogen and oxygen atoms in total. The maximum Gasteiger partial charge on any atom is 0.262 e. The van der Waals surface area contributed by atoms with Gasteiger partial charge in [0.25, 0.3) is 6.71 Å². The molecular formula is C46H27BO2. The van der Waals surface area contributed by atoms with Crippen molar-refractivity contribution in [3.63, 3.8) is 0 Å². The van der Waals surface area contributed by atoms with Gasteiger partial charge < -0.3 is 9.47 Å². The second kappa shape index (κ2) is 10.1. The molecule has 49 heavy (non-hydrogen) atoms. The number of benzene rings is 9. The SMILES string of the molecule is c1ccc(-c2c3ccccc3c(-c3ccc4c5c3Oc3ccc6ccccc6c3B5c3c(ccc5ccccc35)O4)c3ccccc23)cc1. The molecule has 9 aromatic carbocycles. The van der Waals surface area contributed by atoms with Crippen molar-refractivity contribution < 1.29 is 9.47 Å². The van der Waals surface area contributed by atoms with Crippen molar-refractivity contribution in [3.05, 3.63) is 164 Å². The van der Waals surface area contributed by atoms with E-state index in [1.165, 1.54) is 70.7 Å². The van der Waals surface area contributed by atoms with Gasteiger partial charge in [0.15, 0.2) is 0 Å². The molecule has 0 saturated carbocycles. The molecule has 2 aliphatic rings. The van der Waals surface area contributed by atoms with Crippen LogP contribution in [0.15, 0.2) is 164 Å². The Morgan fingerprint density at radius 1 is 0.327 bits per heavy atom. The molecule has 2 aliphatic heterocycles. The van der Waals surface area contributed by atoms with E-state index in [1.807, 2.05) is 0 Å². The van der Waals surface area contributed by atoms with Crippen molar-refractivity contribution in [2.45, 2.75) is 0 Å². The summed E-state index contributed by atoms with van der Waals surface area (Å²) in [5.74, 6) is 3.51. The quantitative estimate of drug-likeness (QED) is 0.141. The molecule has 0 fully saturated rings. The number of hydrogen-bond donors (Lipinski definition) is 0.